The molecule has 1 unspecified atom stereocenters. The van der Waals surface area contributed by atoms with Crippen molar-refractivity contribution in [1.29, 1.82) is 0 Å². The van der Waals surface area contributed by atoms with E-state index in [1.165, 1.54) is 27.3 Å². The third-order valence-corrected chi connectivity index (χ3v) is 4.78. The van der Waals surface area contributed by atoms with Crippen LogP contribution in [0.25, 0.3) is 0 Å². The third kappa shape index (κ3) is 5.95. The molecule has 1 atom stereocenters. The van der Waals surface area contributed by atoms with Crippen molar-refractivity contribution in [3.63, 3.8) is 0 Å². The largest absolute Gasteiger partial charge is 0.309 e. The van der Waals surface area contributed by atoms with Crippen LogP contribution in [0.1, 0.15) is 25.1 Å². The highest BCUT2D eigenvalue weighted by molar-refractivity contribution is 9.10. The molecule has 0 bridgehead atoms. The van der Waals surface area contributed by atoms with Crippen LogP contribution < -0.4 is 5.32 Å². The van der Waals surface area contributed by atoms with Gasteiger partial charge in [-0.2, -0.15) is 11.8 Å². The Morgan fingerprint density at radius 1 is 1.60 bits per heavy atom. The number of thiophene rings is 1. The minimum absolute atomic E-state index is 0.616. The lowest BCUT2D eigenvalue weighted by Crippen LogP contribution is -2.25. The molecule has 1 rings (SSSR count). The zero-order chi connectivity index (χ0) is 11.1. The highest BCUT2D eigenvalue weighted by Crippen LogP contribution is 2.19. The van der Waals surface area contributed by atoms with Gasteiger partial charge in [-0.3, -0.25) is 0 Å². The predicted molar refractivity (Wildman–Crippen MR) is 75.9 cm³/mol. The number of thioether (sulfide) groups is 1. The van der Waals surface area contributed by atoms with Crippen LogP contribution in [-0.4, -0.2) is 17.5 Å². The Bertz CT molecular complexity index is 275. The summed E-state index contributed by atoms with van der Waals surface area (Å²) in [5, 5.41) is 5.68. The first-order valence-corrected chi connectivity index (χ1v) is 8.09. The molecule has 0 radical (unpaired) electrons. The molecule has 0 spiro atoms. The molecule has 0 aliphatic carbocycles. The van der Waals surface area contributed by atoms with Crippen LogP contribution in [0.3, 0.4) is 0 Å². The molecule has 0 aromatic carbocycles. The molecule has 1 nitrogen and oxygen atoms in total. The van der Waals surface area contributed by atoms with Gasteiger partial charge < -0.3 is 5.32 Å². The maximum Gasteiger partial charge on any atom is 0.0302 e. The maximum atomic E-state index is 3.55. The number of hydrogen-bond donors (Lipinski definition) is 1. The minimum Gasteiger partial charge on any atom is -0.309 e. The second kappa shape index (κ2) is 7.71. The van der Waals surface area contributed by atoms with Crippen LogP contribution in [0.5, 0.6) is 0 Å². The molecule has 1 aromatic heterocycles. The number of rotatable bonds is 7. The molecule has 1 N–H and O–H groups in total. The lowest BCUT2D eigenvalue weighted by atomic mass is 10.2. The summed E-state index contributed by atoms with van der Waals surface area (Å²) in [6, 6.07) is 2.80. The van der Waals surface area contributed by atoms with E-state index in [0.717, 1.165) is 6.54 Å². The number of nitrogens with one attached hydrogen (secondary N) is 1. The molecule has 1 aromatic rings. The van der Waals surface area contributed by atoms with Crippen LogP contribution in [0, 0.1) is 0 Å². The Kier molecular flexibility index (Phi) is 6.97. The lowest BCUT2D eigenvalue weighted by Gasteiger charge is -2.12. The van der Waals surface area contributed by atoms with Gasteiger partial charge in [-0.05, 0) is 46.8 Å². The maximum absolute atomic E-state index is 3.55. The molecule has 0 amide bonds. The summed E-state index contributed by atoms with van der Waals surface area (Å²) in [5.41, 5.74) is 0. The topological polar surface area (TPSA) is 12.0 Å². The van der Waals surface area contributed by atoms with Gasteiger partial charge in [0.15, 0.2) is 0 Å². The van der Waals surface area contributed by atoms with E-state index in [0.29, 0.717) is 6.04 Å². The summed E-state index contributed by atoms with van der Waals surface area (Å²) >= 11 is 7.29. The Morgan fingerprint density at radius 3 is 3.00 bits per heavy atom. The average Bonchev–Trinajstić information content (AvgIpc) is 2.62. The molecule has 15 heavy (non-hydrogen) atoms. The van der Waals surface area contributed by atoms with Crippen molar-refractivity contribution >= 4 is 39.0 Å². The summed E-state index contributed by atoms with van der Waals surface area (Å²) in [6.45, 7) is 5.47. The van der Waals surface area contributed by atoms with Crippen molar-refractivity contribution in [3.05, 3.63) is 20.8 Å². The molecule has 0 saturated heterocycles. The first-order valence-electron chi connectivity index (χ1n) is 5.26. The van der Waals surface area contributed by atoms with Gasteiger partial charge in [0.1, 0.15) is 0 Å². The van der Waals surface area contributed by atoms with Gasteiger partial charge in [0.2, 0.25) is 0 Å². The smallest absolute Gasteiger partial charge is 0.0302 e. The monoisotopic (exact) mass is 307 g/mol. The van der Waals surface area contributed by atoms with E-state index in [1.54, 1.807) is 11.3 Å². The summed E-state index contributed by atoms with van der Waals surface area (Å²) in [6.07, 6.45) is 1.26. The zero-order valence-corrected chi connectivity index (χ0v) is 12.5. The van der Waals surface area contributed by atoms with Crippen molar-refractivity contribution < 1.29 is 0 Å². The van der Waals surface area contributed by atoms with E-state index in [2.05, 4.69) is 46.5 Å². The van der Waals surface area contributed by atoms with Crippen molar-refractivity contribution in [2.45, 2.75) is 32.9 Å². The van der Waals surface area contributed by atoms with Crippen LogP contribution in [-0.2, 0) is 6.54 Å². The molecular weight excluding hydrogens is 290 g/mol. The summed E-state index contributed by atoms with van der Waals surface area (Å²) in [7, 11) is 0. The molecule has 0 aliphatic rings. The predicted octanol–water partition coefficient (Wildman–Crippen LogP) is 4.13. The van der Waals surface area contributed by atoms with Gasteiger partial charge in [-0.15, -0.1) is 11.3 Å². The Labute approximate surface area is 109 Å². The molecule has 0 aliphatic heterocycles. The first-order chi connectivity index (χ1) is 7.22. The van der Waals surface area contributed by atoms with Crippen LogP contribution in [0.2, 0.25) is 0 Å². The van der Waals surface area contributed by atoms with Crippen LogP contribution in [0.15, 0.2) is 15.9 Å². The fourth-order valence-electron chi connectivity index (χ4n) is 1.23. The van der Waals surface area contributed by atoms with Gasteiger partial charge in [-0.1, -0.05) is 6.92 Å². The van der Waals surface area contributed by atoms with Crippen molar-refractivity contribution in [2.24, 2.45) is 0 Å². The molecular formula is C11H18BrNS2. The summed E-state index contributed by atoms with van der Waals surface area (Å²) in [5.74, 6) is 2.49. The summed E-state index contributed by atoms with van der Waals surface area (Å²) < 4.78 is 1.19. The fraction of sp³-hybridized carbons (Fsp3) is 0.636. The molecule has 1 heterocycles. The highest BCUT2D eigenvalue weighted by atomic mass is 79.9. The fourth-order valence-corrected chi connectivity index (χ4v) is 3.44. The lowest BCUT2D eigenvalue weighted by molar-refractivity contribution is 0.540. The molecule has 86 valence electrons. The van der Waals surface area contributed by atoms with Gasteiger partial charge in [0.25, 0.3) is 0 Å². The van der Waals surface area contributed by atoms with E-state index in [9.17, 15) is 0 Å². The Morgan fingerprint density at radius 2 is 2.40 bits per heavy atom. The van der Waals surface area contributed by atoms with Crippen molar-refractivity contribution in [1.82, 2.24) is 5.32 Å². The highest BCUT2D eigenvalue weighted by Gasteiger charge is 2.02. The summed E-state index contributed by atoms with van der Waals surface area (Å²) in [4.78, 5) is 1.40. The first kappa shape index (κ1) is 13.6. The van der Waals surface area contributed by atoms with Gasteiger partial charge in [0.05, 0.1) is 0 Å². The molecule has 4 heteroatoms. The van der Waals surface area contributed by atoms with E-state index in [1.807, 2.05) is 11.8 Å². The Hall–Kier alpha value is 0.490. The third-order valence-electron chi connectivity index (χ3n) is 2.15. The van der Waals surface area contributed by atoms with E-state index < -0.39 is 0 Å². The molecule has 0 fully saturated rings. The van der Waals surface area contributed by atoms with Crippen LogP contribution in [0.4, 0.5) is 0 Å². The SMILES string of the molecule is CCSCCC(C)NCc1cc(Br)cs1. The van der Waals surface area contributed by atoms with Gasteiger partial charge >= 0.3 is 0 Å². The normalized spacial score (nSPS) is 13.0. The van der Waals surface area contributed by atoms with Gasteiger partial charge in [0, 0.05) is 27.3 Å². The standard InChI is InChI=1S/C11H18BrNS2/c1-3-14-5-4-9(2)13-7-11-6-10(12)8-15-11/h6,8-9,13H,3-5,7H2,1-2H3. The van der Waals surface area contributed by atoms with E-state index >= 15 is 0 Å². The zero-order valence-electron chi connectivity index (χ0n) is 9.25. The van der Waals surface area contributed by atoms with Crippen molar-refractivity contribution in [2.75, 3.05) is 11.5 Å². The average molecular weight is 308 g/mol. The van der Waals surface area contributed by atoms with Crippen LogP contribution >= 0.6 is 39.0 Å². The number of hydrogen-bond acceptors (Lipinski definition) is 3. The second-order valence-electron chi connectivity index (χ2n) is 3.50. The van der Waals surface area contributed by atoms with E-state index in [4.69, 9.17) is 0 Å². The minimum atomic E-state index is 0.616. The van der Waals surface area contributed by atoms with Gasteiger partial charge in [-0.25, -0.2) is 0 Å². The Balaban J connectivity index is 2.13. The van der Waals surface area contributed by atoms with Crippen molar-refractivity contribution in [3.8, 4) is 0 Å². The van der Waals surface area contributed by atoms with E-state index in [-0.39, 0.29) is 0 Å². The quantitative estimate of drug-likeness (QED) is 0.760. The number of halogens is 1. The molecule has 0 saturated carbocycles. The second-order valence-corrected chi connectivity index (χ2v) is 6.80.